The number of fused-ring (bicyclic) bond motifs is 7. The summed E-state index contributed by atoms with van der Waals surface area (Å²) in [7, 11) is 0. The Morgan fingerprint density at radius 1 is 0.328 bits per heavy atom. The summed E-state index contributed by atoms with van der Waals surface area (Å²) in [5.74, 6) is 0. The standard InChI is InChI=1S/C58H38N2O/c1-2-15-39(16-3-1)41-19-14-20-42(35-41)40-29-32-46(33-30-40)59(55-27-12-13-28-56(55)60-53-25-10-7-22-48(53)49-23-8-11-26-54(49)60)52-24-9-6-21-47(52)45-31-34-57-50(37-45)51-36-43-17-4-5-18-44(43)38-58(51)61-57/h1-38H. The fourth-order valence-corrected chi connectivity index (χ4v) is 9.29. The van der Waals surface area contributed by atoms with Gasteiger partial charge < -0.3 is 13.9 Å². The summed E-state index contributed by atoms with van der Waals surface area (Å²) in [4.78, 5) is 2.43. The van der Waals surface area contributed by atoms with Crippen LogP contribution in [0.15, 0.2) is 235 Å². The van der Waals surface area contributed by atoms with E-state index < -0.39 is 0 Å². The molecule has 286 valence electrons. The number of aromatic nitrogens is 1. The Balaban J connectivity index is 1.06. The zero-order chi connectivity index (χ0) is 40.3. The number of benzene rings is 10. The number of hydrogen-bond acceptors (Lipinski definition) is 2. The zero-order valence-corrected chi connectivity index (χ0v) is 33.2. The molecule has 3 nitrogen and oxygen atoms in total. The first-order chi connectivity index (χ1) is 30.2. The molecule has 10 aromatic carbocycles. The molecule has 2 aromatic heterocycles. The van der Waals surface area contributed by atoms with Crippen LogP contribution in [-0.4, -0.2) is 4.57 Å². The highest BCUT2D eigenvalue weighted by molar-refractivity contribution is 6.12. The first kappa shape index (κ1) is 34.9. The molecule has 0 aliphatic rings. The molecule has 0 aliphatic heterocycles. The Hall–Kier alpha value is -8.14. The summed E-state index contributed by atoms with van der Waals surface area (Å²) in [5, 5.41) is 7.06. The van der Waals surface area contributed by atoms with E-state index in [9.17, 15) is 0 Å². The molecular formula is C58H38N2O. The van der Waals surface area contributed by atoms with E-state index in [4.69, 9.17) is 4.42 Å². The first-order valence-electron chi connectivity index (χ1n) is 20.8. The van der Waals surface area contributed by atoms with Crippen molar-refractivity contribution >= 4 is 71.6 Å². The largest absolute Gasteiger partial charge is 0.456 e. The summed E-state index contributed by atoms with van der Waals surface area (Å²) in [6, 6.07) is 83.0. The van der Waals surface area contributed by atoms with Crippen LogP contribution in [0.2, 0.25) is 0 Å². The second kappa shape index (κ2) is 14.3. The fourth-order valence-electron chi connectivity index (χ4n) is 9.29. The monoisotopic (exact) mass is 778 g/mol. The van der Waals surface area contributed by atoms with Gasteiger partial charge in [-0.1, -0.05) is 158 Å². The van der Waals surface area contributed by atoms with Crippen LogP contribution in [0.3, 0.4) is 0 Å². The molecule has 12 rings (SSSR count). The van der Waals surface area contributed by atoms with Crippen LogP contribution in [0.1, 0.15) is 0 Å². The molecule has 61 heavy (non-hydrogen) atoms. The number of hydrogen-bond donors (Lipinski definition) is 0. The molecule has 0 radical (unpaired) electrons. The molecule has 0 fully saturated rings. The summed E-state index contributed by atoms with van der Waals surface area (Å²) in [5.41, 5.74) is 15.4. The predicted octanol–water partition coefficient (Wildman–Crippen LogP) is 16.3. The lowest BCUT2D eigenvalue weighted by Crippen LogP contribution is -2.14. The maximum Gasteiger partial charge on any atom is 0.136 e. The van der Waals surface area contributed by atoms with E-state index >= 15 is 0 Å². The van der Waals surface area contributed by atoms with Crippen molar-refractivity contribution in [2.75, 3.05) is 4.90 Å². The zero-order valence-electron chi connectivity index (χ0n) is 33.2. The molecule has 0 amide bonds. The minimum Gasteiger partial charge on any atom is -0.456 e. The van der Waals surface area contributed by atoms with Gasteiger partial charge in [0, 0.05) is 32.8 Å². The third-order valence-corrected chi connectivity index (χ3v) is 12.2. The Bertz CT molecular complexity index is 3540. The SMILES string of the molecule is c1ccc(-c2cccc(-c3ccc(N(c4ccccc4-c4ccc5oc6cc7ccccc7cc6c5c4)c4ccccc4-n4c5ccccc5c5ccccc54)cc3)c2)cc1. The molecule has 0 saturated carbocycles. The van der Waals surface area contributed by atoms with Crippen LogP contribution < -0.4 is 4.90 Å². The van der Waals surface area contributed by atoms with Crippen LogP contribution in [0.4, 0.5) is 17.1 Å². The van der Waals surface area contributed by atoms with Gasteiger partial charge >= 0.3 is 0 Å². The minimum absolute atomic E-state index is 0.882. The van der Waals surface area contributed by atoms with E-state index in [1.807, 2.05) is 0 Å². The number of anilines is 3. The average molecular weight is 779 g/mol. The van der Waals surface area contributed by atoms with E-state index in [1.165, 1.54) is 49.3 Å². The molecule has 12 aromatic rings. The van der Waals surface area contributed by atoms with Gasteiger partial charge in [-0.25, -0.2) is 0 Å². The molecule has 0 unspecified atom stereocenters. The first-order valence-corrected chi connectivity index (χ1v) is 20.8. The molecular weight excluding hydrogens is 741 g/mol. The molecule has 0 bridgehead atoms. The fraction of sp³-hybridized carbons (Fsp3) is 0. The van der Waals surface area contributed by atoms with Crippen molar-refractivity contribution < 1.29 is 4.42 Å². The van der Waals surface area contributed by atoms with Crippen molar-refractivity contribution in [1.29, 1.82) is 0 Å². The van der Waals surface area contributed by atoms with Gasteiger partial charge in [-0.15, -0.1) is 0 Å². The maximum absolute atomic E-state index is 6.46. The Morgan fingerprint density at radius 3 is 1.64 bits per heavy atom. The summed E-state index contributed by atoms with van der Waals surface area (Å²) in [6.07, 6.45) is 0. The second-order valence-corrected chi connectivity index (χ2v) is 15.7. The topological polar surface area (TPSA) is 21.3 Å². The van der Waals surface area contributed by atoms with Gasteiger partial charge in [0.05, 0.1) is 28.1 Å². The summed E-state index contributed by atoms with van der Waals surface area (Å²) in [6.45, 7) is 0. The maximum atomic E-state index is 6.46. The lowest BCUT2D eigenvalue weighted by atomic mass is 9.98. The van der Waals surface area contributed by atoms with Crippen molar-refractivity contribution in [1.82, 2.24) is 4.57 Å². The second-order valence-electron chi connectivity index (χ2n) is 15.7. The van der Waals surface area contributed by atoms with Gasteiger partial charge in [0.1, 0.15) is 11.2 Å². The Kier molecular flexibility index (Phi) is 8.17. The van der Waals surface area contributed by atoms with Crippen molar-refractivity contribution in [2.24, 2.45) is 0 Å². The van der Waals surface area contributed by atoms with Crippen molar-refractivity contribution in [3.63, 3.8) is 0 Å². The predicted molar refractivity (Wildman–Crippen MR) is 257 cm³/mol. The quantitative estimate of drug-likeness (QED) is 0.161. The lowest BCUT2D eigenvalue weighted by molar-refractivity contribution is 0.669. The normalized spacial score (nSPS) is 11.6. The molecule has 0 spiro atoms. The third-order valence-electron chi connectivity index (χ3n) is 12.2. The van der Waals surface area contributed by atoms with E-state index in [-0.39, 0.29) is 0 Å². The third kappa shape index (κ3) is 5.90. The minimum atomic E-state index is 0.882. The molecule has 0 aliphatic carbocycles. The molecule has 3 heteroatoms. The van der Waals surface area contributed by atoms with Crippen molar-refractivity contribution in [2.45, 2.75) is 0 Å². The van der Waals surface area contributed by atoms with Crippen LogP contribution in [0.5, 0.6) is 0 Å². The number of furan rings is 1. The molecule has 0 saturated heterocycles. The van der Waals surface area contributed by atoms with Gasteiger partial charge in [0.25, 0.3) is 0 Å². The van der Waals surface area contributed by atoms with E-state index in [0.717, 1.165) is 61.4 Å². The average Bonchev–Trinajstić information content (AvgIpc) is 3.86. The number of rotatable bonds is 7. The summed E-state index contributed by atoms with van der Waals surface area (Å²) < 4.78 is 8.89. The lowest BCUT2D eigenvalue weighted by Gasteiger charge is -2.30. The number of nitrogens with zero attached hydrogens (tertiary/aromatic N) is 2. The van der Waals surface area contributed by atoms with E-state index in [2.05, 4.69) is 240 Å². The highest BCUT2D eigenvalue weighted by Gasteiger charge is 2.23. The highest BCUT2D eigenvalue weighted by atomic mass is 16.3. The highest BCUT2D eigenvalue weighted by Crippen LogP contribution is 2.46. The van der Waals surface area contributed by atoms with Crippen LogP contribution in [0, 0.1) is 0 Å². The molecule has 0 atom stereocenters. The molecule has 0 N–H and O–H groups in total. The van der Waals surface area contributed by atoms with Crippen molar-refractivity contribution in [3.8, 4) is 39.1 Å². The van der Waals surface area contributed by atoms with E-state index in [0.29, 0.717) is 0 Å². The van der Waals surface area contributed by atoms with Gasteiger partial charge in [0.2, 0.25) is 0 Å². The smallest absolute Gasteiger partial charge is 0.136 e. The van der Waals surface area contributed by atoms with E-state index in [1.54, 1.807) is 0 Å². The van der Waals surface area contributed by atoms with Crippen molar-refractivity contribution in [3.05, 3.63) is 231 Å². The number of para-hydroxylation sites is 5. The van der Waals surface area contributed by atoms with Crippen LogP contribution >= 0.6 is 0 Å². The Morgan fingerprint density at radius 2 is 0.885 bits per heavy atom. The Labute approximate surface area is 353 Å². The van der Waals surface area contributed by atoms with Gasteiger partial charge in [-0.3, -0.25) is 0 Å². The van der Waals surface area contributed by atoms with Crippen LogP contribution in [0.25, 0.3) is 93.6 Å². The van der Waals surface area contributed by atoms with Crippen LogP contribution in [-0.2, 0) is 0 Å². The van der Waals surface area contributed by atoms with Gasteiger partial charge in [0.15, 0.2) is 0 Å². The van der Waals surface area contributed by atoms with Gasteiger partial charge in [-0.05, 0) is 111 Å². The van der Waals surface area contributed by atoms with Gasteiger partial charge in [-0.2, -0.15) is 0 Å². The molecule has 2 heterocycles. The summed E-state index contributed by atoms with van der Waals surface area (Å²) >= 11 is 0.